The van der Waals surface area contributed by atoms with Gasteiger partial charge >= 0.3 is 0 Å². The summed E-state index contributed by atoms with van der Waals surface area (Å²) >= 11 is -1.26. The molecule has 0 aliphatic heterocycles. The highest BCUT2D eigenvalue weighted by Crippen LogP contribution is 2.32. The number of anilines is 1. The molecule has 1 amide bonds. The molecular formula is C35H40FN3O5S. The second-order valence-corrected chi connectivity index (χ2v) is 11.8. The Labute approximate surface area is 267 Å². The topological polar surface area (TPSA) is 97.7 Å². The fourth-order valence-electron chi connectivity index (χ4n) is 4.65. The molecular weight excluding hydrogens is 593 g/mol. The number of unbranched alkanes of at least 4 members (excludes halogenated alkanes) is 1. The van der Waals surface area contributed by atoms with Gasteiger partial charge in [-0.2, -0.15) is 0 Å². The number of amides is 1. The number of ether oxygens (including phenoxy) is 3. The summed E-state index contributed by atoms with van der Waals surface area (Å²) in [5.41, 5.74) is 4.18. The zero-order valence-electron chi connectivity index (χ0n) is 26.2. The van der Waals surface area contributed by atoms with Gasteiger partial charge in [0.25, 0.3) is 0 Å². The second-order valence-electron chi connectivity index (χ2n) is 10.3. The molecule has 4 aromatic rings. The molecule has 0 unspecified atom stereocenters. The summed E-state index contributed by atoms with van der Waals surface area (Å²) < 4.78 is 46.5. The Hall–Kier alpha value is -4.12. The average molecular weight is 634 g/mol. The maximum absolute atomic E-state index is 15.0. The molecule has 0 saturated carbocycles. The van der Waals surface area contributed by atoms with E-state index >= 15 is 0 Å². The lowest BCUT2D eigenvalue weighted by Gasteiger charge is -2.13. The average Bonchev–Trinajstić information content (AvgIpc) is 3.40. The molecule has 1 atom stereocenters. The smallest absolute Gasteiger partial charge is 0.248 e. The normalized spacial score (nSPS) is 12.0. The predicted molar refractivity (Wildman–Crippen MR) is 176 cm³/mol. The van der Waals surface area contributed by atoms with E-state index in [-0.39, 0.29) is 5.75 Å². The molecule has 0 radical (unpaired) electrons. The quantitative estimate of drug-likeness (QED) is 0.0798. The number of hydrogen-bond donors (Lipinski definition) is 1. The van der Waals surface area contributed by atoms with E-state index in [9.17, 15) is 13.7 Å². The van der Waals surface area contributed by atoms with Crippen LogP contribution in [0.15, 0.2) is 78.0 Å². The SMILES string of the molecule is CCCCOCCOc1ccc(-c2cc(F)c(OC)c(/C=C/C(=O)Nc3ccc([S@@+]([O-])Cc4c(C)ncn4CC)cc3)c2)cc1. The van der Waals surface area contributed by atoms with E-state index in [1.807, 2.05) is 42.7 Å². The molecule has 8 nitrogen and oxygen atoms in total. The molecule has 10 heteroatoms. The second kappa shape index (κ2) is 16.8. The van der Waals surface area contributed by atoms with Crippen molar-refractivity contribution < 1.29 is 27.9 Å². The fourth-order valence-corrected chi connectivity index (χ4v) is 5.88. The van der Waals surface area contributed by atoms with Crippen LogP contribution in [0, 0.1) is 12.7 Å². The van der Waals surface area contributed by atoms with Gasteiger partial charge in [-0.1, -0.05) is 25.5 Å². The molecule has 0 saturated heterocycles. The zero-order valence-corrected chi connectivity index (χ0v) is 27.0. The lowest BCUT2D eigenvalue weighted by atomic mass is 10.0. The number of hydrogen-bond acceptors (Lipinski definition) is 6. The van der Waals surface area contributed by atoms with Crippen LogP contribution in [-0.4, -0.2) is 46.9 Å². The van der Waals surface area contributed by atoms with Gasteiger partial charge in [-0.25, -0.2) is 9.37 Å². The molecule has 4 rings (SSSR count). The molecule has 0 bridgehead atoms. The van der Waals surface area contributed by atoms with Gasteiger partial charge in [0, 0.05) is 30.5 Å². The third-order valence-corrected chi connectivity index (χ3v) is 8.50. The van der Waals surface area contributed by atoms with Crippen molar-refractivity contribution in [1.29, 1.82) is 0 Å². The first-order valence-electron chi connectivity index (χ1n) is 15.0. The van der Waals surface area contributed by atoms with Crippen LogP contribution in [0.2, 0.25) is 0 Å². The molecule has 1 N–H and O–H groups in total. The highest BCUT2D eigenvalue weighted by molar-refractivity contribution is 7.90. The van der Waals surface area contributed by atoms with Crippen LogP contribution in [-0.2, 0) is 33.0 Å². The van der Waals surface area contributed by atoms with Gasteiger partial charge in [0.2, 0.25) is 5.91 Å². The Bertz CT molecular complexity index is 1570. The lowest BCUT2D eigenvalue weighted by Crippen LogP contribution is -2.11. The Balaban J connectivity index is 1.38. The number of benzene rings is 3. The third-order valence-electron chi connectivity index (χ3n) is 7.17. The summed E-state index contributed by atoms with van der Waals surface area (Å²) in [6.45, 7) is 8.50. The minimum absolute atomic E-state index is 0.0392. The lowest BCUT2D eigenvalue weighted by molar-refractivity contribution is -0.111. The highest BCUT2D eigenvalue weighted by atomic mass is 32.2. The van der Waals surface area contributed by atoms with Crippen molar-refractivity contribution in [3.05, 3.63) is 95.8 Å². The van der Waals surface area contributed by atoms with Gasteiger partial charge in [-0.15, -0.1) is 0 Å². The first-order valence-corrected chi connectivity index (χ1v) is 16.3. The molecule has 0 spiro atoms. The van der Waals surface area contributed by atoms with Gasteiger partial charge in [0.1, 0.15) is 12.4 Å². The minimum Gasteiger partial charge on any atom is -0.611 e. The molecule has 238 valence electrons. The number of aromatic nitrogens is 2. The van der Waals surface area contributed by atoms with Gasteiger partial charge in [-0.05, 0) is 97.2 Å². The largest absolute Gasteiger partial charge is 0.611 e. The fraction of sp³-hybridized carbons (Fsp3) is 0.314. The van der Waals surface area contributed by atoms with Gasteiger partial charge < -0.3 is 28.6 Å². The summed E-state index contributed by atoms with van der Waals surface area (Å²) in [5, 5.41) is 2.79. The van der Waals surface area contributed by atoms with Gasteiger partial charge in [-0.3, -0.25) is 4.79 Å². The standard InChI is InChI=1S/C35H40FN3O5S/c1-5-7-18-43-19-20-44-30-13-8-26(9-14-30)28-21-27(35(42-4)32(36)22-28)10-17-34(40)38-29-11-15-31(16-12-29)45(41)23-33-25(3)37-24-39(33)6-2/h8-17,21-22,24H,5-7,18-20,23H2,1-4H3,(H,38,40)/b17-10+/t45-/m0/s1. The number of rotatable bonds is 16. The van der Waals surface area contributed by atoms with Gasteiger partial charge in [0.05, 0.1) is 31.4 Å². The first-order chi connectivity index (χ1) is 21.8. The number of methoxy groups -OCH3 is 1. The number of imidazole rings is 1. The van der Waals surface area contributed by atoms with Crippen LogP contribution in [0.3, 0.4) is 0 Å². The van der Waals surface area contributed by atoms with E-state index < -0.39 is 22.9 Å². The summed E-state index contributed by atoms with van der Waals surface area (Å²) in [6.07, 6.45) is 6.71. The molecule has 45 heavy (non-hydrogen) atoms. The van der Waals surface area contributed by atoms with Gasteiger partial charge in [0.15, 0.2) is 22.2 Å². The maximum Gasteiger partial charge on any atom is 0.248 e. The van der Waals surface area contributed by atoms with Crippen LogP contribution in [0.4, 0.5) is 10.1 Å². The summed E-state index contributed by atoms with van der Waals surface area (Å²) in [4.78, 5) is 17.7. The maximum atomic E-state index is 15.0. The van der Waals surface area contributed by atoms with E-state index in [4.69, 9.17) is 14.2 Å². The van der Waals surface area contributed by atoms with Crippen LogP contribution in [0.25, 0.3) is 17.2 Å². The molecule has 3 aromatic carbocycles. The van der Waals surface area contributed by atoms with E-state index in [2.05, 4.69) is 17.2 Å². The number of halogens is 1. The van der Waals surface area contributed by atoms with Crippen LogP contribution < -0.4 is 14.8 Å². The van der Waals surface area contributed by atoms with E-state index in [1.54, 1.807) is 36.7 Å². The Morgan fingerprint density at radius 2 is 1.80 bits per heavy atom. The zero-order chi connectivity index (χ0) is 32.2. The van der Waals surface area contributed by atoms with Crippen LogP contribution in [0.1, 0.15) is 43.6 Å². The molecule has 0 aliphatic carbocycles. The number of aryl methyl sites for hydroxylation is 2. The monoisotopic (exact) mass is 633 g/mol. The van der Waals surface area contributed by atoms with Crippen LogP contribution in [0.5, 0.6) is 11.5 Å². The Morgan fingerprint density at radius 1 is 1.04 bits per heavy atom. The summed E-state index contributed by atoms with van der Waals surface area (Å²) in [7, 11) is 1.39. The predicted octanol–water partition coefficient (Wildman–Crippen LogP) is 7.18. The minimum atomic E-state index is -1.26. The number of nitrogens with zero attached hydrogens (tertiary/aromatic N) is 2. The van der Waals surface area contributed by atoms with Crippen molar-refractivity contribution in [2.24, 2.45) is 0 Å². The van der Waals surface area contributed by atoms with Crippen molar-refractivity contribution in [3.8, 4) is 22.6 Å². The summed E-state index contributed by atoms with van der Waals surface area (Å²) in [5.74, 6) is 0.150. The Kier molecular flexibility index (Phi) is 12.6. The first kappa shape index (κ1) is 33.8. The third kappa shape index (κ3) is 9.43. The van der Waals surface area contributed by atoms with E-state index in [0.29, 0.717) is 46.4 Å². The number of carbonyl (C=O) groups excluding carboxylic acids is 1. The summed E-state index contributed by atoms with van der Waals surface area (Å²) in [6, 6.07) is 17.4. The van der Waals surface area contributed by atoms with Crippen molar-refractivity contribution in [2.75, 3.05) is 32.2 Å². The van der Waals surface area contributed by atoms with Crippen molar-refractivity contribution >= 4 is 28.8 Å². The van der Waals surface area contributed by atoms with Crippen molar-refractivity contribution in [2.45, 2.75) is 50.8 Å². The highest BCUT2D eigenvalue weighted by Gasteiger charge is 2.18. The molecule has 1 heterocycles. The van der Waals surface area contributed by atoms with E-state index in [0.717, 1.165) is 42.9 Å². The Morgan fingerprint density at radius 3 is 2.49 bits per heavy atom. The van der Waals surface area contributed by atoms with Crippen molar-refractivity contribution in [1.82, 2.24) is 9.55 Å². The molecule has 1 aromatic heterocycles. The number of carbonyl (C=O) groups is 1. The van der Waals surface area contributed by atoms with E-state index in [1.165, 1.54) is 25.3 Å². The van der Waals surface area contributed by atoms with Crippen LogP contribution >= 0.6 is 0 Å². The number of nitrogens with one attached hydrogen (secondary N) is 1. The van der Waals surface area contributed by atoms with Crippen molar-refractivity contribution in [3.63, 3.8) is 0 Å². The molecule has 0 aliphatic rings. The molecule has 0 fully saturated rings.